The van der Waals surface area contributed by atoms with Crippen LogP contribution in [0.4, 0.5) is 0 Å². The largest absolute Gasteiger partial charge is 0.395 e. The molecule has 1 aliphatic rings. The van der Waals surface area contributed by atoms with Crippen LogP contribution in [0.2, 0.25) is 0 Å². The van der Waals surface area contributed by atoms with E-state index >= 15 is 0 Å². The van der Waals surface area contributed by atoms with Crippen molar-refractivity contribution < 1.29 is 28.8 Å². The molecule has 1 saturated heterocycles. The molecule has 7 nitrogen and oxygen atoms in total. The lowest BCUT2D eigenvalue weighted by Crippen LogP contribution is -2.34. The Hall–Kier alpha value is -0.280. The van der Waals surface area contributed by atoms with E-state index in [1.54, 1.807) is 0 Å². The van der Waals surface area contributed by atoms with Gasteiger partial charge in [0.05, 0.1) is 72.7 Å². The van der Waals surface area contributed by atoms with Crippen molar-refractivity contribution in [3.63, 3.8) is 0 Å². The zero-order chi connectivity index (χ0) is 15.0. The first kappa shape index (κ1) is 18.8. The van der Waals surface area contributed by atoms with Crippen LogP contribution < -0.4 is 0 Å². The van der Waals surface area contributed by atoms with Gasteiger partial charge in [-0.1, -0.05) is 0 Å². The summed E-state index contributed by atoms with van der Waals surface area (Å²) in [4.78, 5) is 2.12. The molecule has 126 valence electrons. The van der Waals surface area contributed by atoms with E-state index in [2.05, 4.69) is 4.90 Å². The summed E-state index contributed by atoms with van der Waals surface area (Å²) in [5.74, 6) is 0. The topological polar surface area (TPSA) is 69.6 Å². The smallest absolute Gasteiger partial charge is 0.0701 e. The maximum absolute atomic E-state index is 9.04. The Balaban J connectivity index is 2.18. The molecule has 0 radical (unpaired) electrons. The minimum atomic E-state index is 0.145. The standard InChI is InChI=1S/C14H29NO6/c16-4-1-15-2-5-17-7-9-19-11-13-21-14-12-20-10-8-18-6-3-15/h16H,1-14H2. The van der Waals surface area contributed by atoms with Gasteiger partial charge in [-0.15, -0.1) is 0 Å². The molecule has 0 aromatic heterocycles. The quantitative estimate of drug-likeness (QED) is 0.729. The maximum Gasteiger partial charge on any atom is 0.0701 e. The molecule has 0 amide bonds. The second-order valence-electron chi connectivity index (χ2n) is 4.63. The van der Waals surface area contributed by atoms with Crippen LogP contribution in [0.1, 0.15) is 0 Å². The molecule has 1 heterocycles. The third-order valence-electron chi connectivity index (χ3n) is 3.01. The van der Waals surface area contributed by atoms with Crippen LogP contribution in [-0.4, -0.2) is 102 Å². The first-order valence-electron chi connectivity index (χ1n) is 7.65. The van der Waals surface area contributed by atoms with Gasteiger partial charge in [-0.3, -0.25) is 4.90 Å². The second-order valence-corrected chi connectivity index (χ2v) is 4.63. The van der Waals surface area contributed by atoms with Gasteiger partial charge >= 0.3 is 0 Å². The van der Waals surface area contributed by atoms with Crippen molar-refractivity contribution in [1.29, 1.82) is 0 Å². The van der Waals surface area contributed by atoms with E-state index in [1.165, 1.54) is 0 Å². The highest BCUT2D eigenvalue weighted by Crippen LogP contribution is 1.91. The van der Waals surface area contributed by atoms with Gasteiger partial charge < -0.3 is 28.8 Å². The third-order valence-corrected chi connectivity index (χ3v) is 3.01. The van der Waals surface area contributed by atoms with Crippen LogP contribution in [0, 0.1) is 0 Å². The molecule has 0 aromatic carbocycles. The number of aliphatic hydroxyl groups excluding tert-OH is 1. The van der Waals surface area contributed by atoms with E-state index in [0.29, 0.717) is 72.6 Å². The minimum Gasteiger partial charge on any atom is -0.395 e. The Bertz CT molecular complexity index is 202. The molecule has 0 aliphatic carbocycles. The van der Waals surface area contributed by atoms with E-state index < -0.39 is 0 Å². The van der Waals surface area contributed by atoms with Crippen LogP contribution >= 0.6 is 0 Å². The number of hydrogen-bond acceptors (Lipinski definition) is 7. The van der Waals surface area contributed by atoms with Gasteiger partial charge in [-0.25, -0.2) is 0 Å². The second kappa shape index (κ2) is 14.6. The van der Waals surface area contributed by atoms with Crippen molar-refractivity contribution in [2.45, 2.75) is 0 Å². The Morgan fingerprint density at radius 3 is 1.24 bits per heavy atom. The first-order valence-corrected chi connectivity index (χ1v) is 7.65. The van der Waals surface area contributed by atoms with Crippen molar-refractivity contribution >= 4 is 0 Å². The summed E-state index contributed by atoms with van der Waals surface area (Å²) in [6, 6.07) is 0. The van der Waals surface area contributed by atoms with Gasteiger partial charge in [0.2, 0.25) is 0 Å². The summed E-state index contributed by atoms with van der Waals surface area (Å²) >= 11 is 0. The number of rotatable bonds is 2. The maximum atomic E-state index is 9.04. The molecule has 21 heavy (non-hydrogen) atoms. The average Bonchev–Trinajstić information content (AvgIpc) is 2.49. The molecule has 1 aliphatic heterocycles. The number of hydrogen-bond donors (Lipinski definition) is 1. The van der Waals surface area contributed by atoms with Gasteiger partial charge in [0.15, 0.2) is 0 Å². The summed E-state index contributed by atoms with van der Waals surface area (Å²) in [6.07, 6.45) is 0. The van der Waals surface area contributed by atoms with Crippen LogP contribution in [-0.2, 0) is 23.7 Å². The molecule has 0 unspecified atom stereocenters. The molecule has 0 atom stereocenters. The van der Waals surface area contributed by atoms with Crippen molar-refractivity contribution in [3.05, 3.63) is 0 Å². The molecule has 0 saturated carbocycles. The Kier molecular flexibility index (Phi) is 13.1. The number of aliphatic hydroxyl groups is 1. The fourth-order valence-corrected chi connectivity index (χ4v) is 1.85. The summed E-state index contributed by atoms with van der Waals surface area (Å²) in [6.45, 7) is 8.19. The van der Waals surface area contributed by atoms with Gasteiger partial charge in [0.1, 0.15) is 0 Å². The average molecular weight is 307 g/mol. The van der Waals surface area contributed by atoms with Crippen LogP contribution in [0.3, 0.4) is 0 Å². The summed E-state index contributed by atoms with van der Waals surface area (Å²) < 4.78 is 27.1. The van der Waals surface area contributed by atoms with E-state index in [4.69, 9.17) is 28.8 Å². The van der Waals surface area contributed by atoms with E-state index in [1.807, 2.05) is 0 Å². The van der Waals surface area contributed by atoms with E-state index in [-0.39, 0.29) is 6.61 Å². The number of ether oxygens (including phenoxy) is 5. The van der Waals surface area contributed by atoms with Crippen molar-refractivity contribution in [3.8, 4) is 0 Å². The lowest BCUT2D eigenvalue weighted by Gasteiger charge is -2.21. The Morgan fingerprint density at radius 1 is 0.571 bits per heavy atom. The molecule has 1 fully saturated rings. The predicted octanol–water partition coefficient (Wildman–Crippen LogP) is -0.623. The fraction of sp³-hybridized carbons (Fsp3) is 1.00. The van der Waals surface area contributed by atoms with Crippen molar-refractivity contribution in [2.24, 2.45) is 0 Å². The molecule has 0 spiro atoms. The van der Waals surface area contributed by atoms with Crippen LogP contribution in [0.25, 0.3) is 0 Å². The van der Waals surface area contributed by atoms with E-state index in [9.17, 15) is 0 Å². The van der Waals surface area contributed by atoms with Gasteiger partial charge in [0.25, 0.3) is 0 Å². The number of β-amino-alcohol motifs (C(OH)–C–C–N with tert-alkyl or cyclic N) is 1. The highest BCUT2D eigenvalue weighted by atomic mass is 16.6. The molecule has 0 bridgehead atoms. The highest BCUT2D eigenvalue weighted by molar-refractivity contribution is 4.56. The van der Waals surface area contributed by atoms with Gasteiger partial charge in [-0.2, -0.15) is 0 Å². The predicted molar refractivity (Wildman–Crippen MR) is 77.6 cm³/mol. The molecule has 1 rings (SSSR count). The molecule has 1 N–H and O–H groups in total. The zero-order valence-electron chi connectivity index (χ0n) is 12.8. The van der Waals surface area contributed by atoms with Crippen LogP contribution in [0.15, 0.2) is 0 Å². The zero-order valence-corrected chi connectivity index (χ0v) is 12.8. The fourth-order valence-electron chi connectivity index (χ4n) is 1.85. The van der Waals surface area contributed by atoms with Crippen LogP contribution in [0.5, 0.6) is 0 Å². The van der Waals surface area contributed by atoms with Gasteiger partial charge in [0, 0.05) is 19.6 Å². The molecule has 0 aromatic rings. The Labute approximate surface area is 127 Å². The summed E-state index contributed by atoms with van der Waals surface area (Å²) in [5, 5.41) is 9.04. The normalized spacial score (nSPS) is 23.3. The molecular formula is C14H29NO6. The van der Waals surface area contributed by atoms with E-state index in [0.717, 1.165) is 13.1 Å². The third kappa shape index (κ3) is 12.0. The van der Waals surface area contributed by atoms with Gasteiger partial charge in [-0.05, 0) is 0 Å². The monoisotopic (exact) mass is 307 g/mol. The van der Waals surface area contributed by atoms with Crippen molar-refractivity contribution in [1.82, 2.24) is 4.90 Å². The highest BCUT2D eigenvalue weighted by Gasteiger charge is 2.04. The molecule has 7 heteroatoms. The minimum absolute atomic E-state index is 0.145. The summed E-state index contributed by atoms with van der Waals surface area (Å²) in [5.41, 5.74) is 0. The summed E-state index contributed by atoms with van der Waals surface area (Å²) in [7, 11) is 0. The lowest BCUT2D eigenvalue weighted by molar-refractivity contribution is -0.0191. The van der Waals surface area contributed by atoms with Crippen molar-refractivity contribution in [2.75, 3.05) is 92.3 Å². The first-order chi connectivity index (χ1) is 10.4. The SMILES string of the molecule is OCCN1CCOCCOCCOCCOCCOCC1. The molecular weight excluding hydrogens is 278 g/mol. The lowest BCUT2D eigenvalue weighted by atomic mass is 10.4. The Morgan fingerprint density at radius 2 is 0.905 bits per heavy atom. The number of nitrogens with zero attached hydrogens (tertiary/aromatic N) is 1.